The number of hydrogen-bond donors (Lipinski definition) is 3. The Bertz CT molecular complexity index is 767. The number of ether oxygens (including phenoxy) is 1. The number of nitrogens with zero attached hydrogens (tertiary/aromatic N) is 1. The van der Waals surface area contributed by atoms with Gasteiger partial charge in [-0.25, -0.2) is 4.79 Å². The third kappa shape index (κ3) is 5.24. The first-order valence-corrected chi connectivity index (χ1v) is 9.84. The van der Waals surface area contributed by atoms with Gasteiger partial charge in [0.05, 0.1) is 19.4 Å². The van der Waals surface area contributed by atoms with Gasteiger partial charge >= 0.3 is 6.03 Å². The van der Waals surface area contributed by atoms with Gasteiger partial charge in [0.25, 0.3) is 0 Å². The molecule has 0 radical (unpaired) electrons. The number of anilines is 1. The van der Waals surface area contributed by atoms with Crippen LogP contribution in [0.3, 0.4) is 0 Å². The van der Waals surface area contributed by atoms with E-state index < -0.39 is 0 Å². The van der Waals surface area contributed by atoms with Gasteiger partial charge < -0.3 is 20.5 Å². The summed E-state index contributed by atoms with van der Waals surface area (Å²) in [6.07, 6.45) is 3.32. The monoisotopic (exact) mass is 383 g/mol. The molecular formula is C22H29N3O3. The average Bonchev–Trinajstić information content (AvgIpc) is 2.74. The summed E-state index contributed by atoms with van der Waals surface area (Å²) in [4.78, 5) is 14.6. The molecule has 150 valence electrons. The maximum Gasteiger partial charge on any atom is 0.319 e. The van der Waals surface area contributed by atoms with Crippen LogP contribution in [0.4, 0.5) is 10.5 Å². The van der Waals surface area contributed by atoms with E-state index in [2.05, 4.69) is 15.5 Å². The highest BCUT2D eigenvalue weighted by molar-refractivity contribution is 5.92. The van der Waals surface area contributed by atoms with Crippen LogP contribution >= 0.6 is 0 Å². The lowest BCUT2D eigenvalue weighted by molar-refractivity contribution is 0.0917. The zero-order valence-corrected chi connectivity index (χ0v) is 16.4. The maximum absolute atomic E-state index is 12.4. The van der Waals surface area contributed by atoms with Crippen molar-refractivity contribution in [1.82, 2.24) is 10.2 Å². The number of piperidine rings is 1. The summed E-state index contributed by atoms with van der Waals surface area (Å²) in [6.45, 7) is 2.42. The molecule has 6 nitrogen and oxygen atoms in total. The van der Waals surface area contributed by atoms with Crippen molar-refractivity contribution in [3.05, 3.63) is 48.5 Å². The fourth-order valence-electron chi connectivity index (χ4n) is 3.66. The van der Waals surface area contributed by atoms with Crippen molar-refractivity contribution in [3.8, 4) is 16.9 Å². The van der Waals surface area contributed by atoms with Gasteiger partial charge in [-0.05, 0) is 42.6 Å². The van der Waals surface area contributed by atoms with Gasteiger partial charge in [0, 0.05) is 19.1 Å². The van der Waals surface area contributed by atoms with E-state index in [1.165, 1.54) is 0 Å². The van der Waals surface area contributed by atoms with E-state index in [0.29, 0.717) is 18.0 Å². The van der Waals surface area contributed by atoms with Gasteiger partial charge in [0.15, 0.2) is 0 Å². The summed E-state index contributed by atoms with van der Waals surface area (Å²) < 4.78 is 5.39. The fourth-order valence-corrected chi connectivity index (χ4v) is 3.66. The van der Waals surface area contributed by atoms with Crippen LogP contribution in [0, 0.1) is 0 Å². The maximum atomic E-state index is 12.4. The molecule has 0 saturated carbocycles. The Hall–Kier alpha value is -2.57. The molecule has 1 heterocycles. The predicted molar refractivity (Wildman–Crippen MR) is 112 cm³/mol. The zero-order valence-electron chi connectivity index (χ0n) is 16.4. The van der Waals surface area contributed by atoms with Crippen LogP contribution in [0.15, 0.2) is 48.5 Å². The zero-order chi connectivity index (χ0) is 19.8. The number of likely N-dealkylation sites (tertiary alicyclic amines) is 1. The number of benzene rings is 2. The Morgan fingerprint density at radius 1 is 1.18 bits per heavy atom. The molecule has 2 aromatic carbocycles. The van der Waals surface area contributed by atoms with E-state index in [1.807, 2.05) is 48.5 Å². The minimum atomic E-state index is -0.263. The lowest BCUT2D eigenvalue weighted by atomic mass is 10.0. The van der Waals surface area contributed by atoms with E-state index in [9.17, 15) is 9.90 Å². The number of urea groups is 1. The van der Waals surface area contributed by atoms with Gasteiger partial charge in [-0.2, -0.15) is 0 Å². The molecule has 2 aromatic rings. The molecule has 1 aliphatic heterocycles. The van der Waals surface area contributed by atoms with E-state index in [0.717, 1.165) is 43.5 Å². The largest absolute Gasteiger partial charge is 0.495 e. The highest BCUT2D eigenvalue weighted by Crippen LogP contribution is 2.30. The van der Waals surface area contributed by atoms with Crippen molar-refractivity contribution in [2.75, 3.05) is 38.7 Å². The fraction of sp³-hybridized carbons (Fsp3) is 0.409. The van der Waals surface area contributed by atoms with Crippen LogP contribution in [0.2, 0.25) is 0 Å². The number of aliphatic hydroxyl groups is 1. The first-order chi connectivity index (χ1) is 13.7. The molecule has 1 saturated heterocycles. The molecule has 28 heavy (non-hydrogen) atoms. The van der Waals surface area contributed by atoms with E-state index in [-0.39, 0.29) is 18.7 Å². The van der Waals surface area contributed by atoms with Gasteiger partial charge in [-0.3, -0.25) is 4.90 Å². The van der Waals surface area contributed by atoms with Gasteiger partial charge in [-0.15, -0.1) is 0 Å². The molecule has 1 unspecified atom stereocenters. The number of methoxy groups -OCH3 is 1. The van der Waals surface area contributed by atoms with Crippen molar-refractivity contribution in [3.63, 3.8) is 0 Å². The Kier molecular flexibility index (Phi) is 7.28. The summed E-state index contributed by atoms with van der Waals surface area (Å²) >= 11 is 0. The molecule has 6 heteroatoms. The first-order valence-electron chi connectivity index (χ1n) is 9.84. The van der Waals surface area contributed by atoms with Crippen molar-refractivity contribution in [2.24, 2.45) is 0 Å². The molecule has 3 N–H and O–H groups in total. The Labute approximate surface area is 166 Å². The second-order valence-corrected chi connectivity index (χ2v) is 7.03. The van der Waals surface area contributed by atoms with Crippen LogP contribution in [0.1, 0.15) is 19.3 Å². The summed E-state index contributed by atoms with van der Waals surface area (Å²) in [5, 5.41) is 15.3. The van der Waals surface area contributed by atoms with Crippen molar-refractivity contribution in [2.45, 2.75) is 25.3 Å². The van der Waals surface area contributed by atoms with Crippen molar-refractivity contribution < 1.29 is 14.6 Å². The number of amides is 2. The first kappa shape index (κ1) is 20.2. The second kappa shape index (κ2) is 10.1. The van der Waals surface area contributed by atoms with Crippen molar-refractivity contribution >= 4 is 11.7 Å². The lowest BCUT2D eigenvalue weighted by Crippen LogP contribution is -2.46. The molecule has 0 spiro atoms. The Balaban J connectivity index is 1.58. The number of nitrogens with one attached hydrogen (secondary N) is 2. The van der Waals surface area contributed by atoms with Gasteiger partial charge in [0.2, 0.25) is 0 Å². The third-order valence-corrected chi connectivity index (χ3v) is 5.20. The van der Waals surface area contributed by atoms with Crippen molar-refractivity contribution in [1.29, 1.82) is 0 Å². The SMILES string of the molecule is COc1ccc(-c2ccccc2)cc1NC(=O)NCCN1CCCCC1CO. The Morgan fingerprint density at radius 2 is 2.00 bits per heavy atom. The average molecular weight is 383 g/mol. The quantitative estimate of drug-likeness (QED) is 0.686. The number of rotatable bonds is 7. The molecule has 1 atom stereocenters. The standard InChI is InChI=1S/C22H29N3O3/c1-28-21-11-10-18(17-7-3-2-4-8-17)15-20(21)24-22(27)23-12-14-25-13-6-5-9-19(25)16-26/h2-4,7-8,10-11,15,19,26H,5-6,9,12-14,16H2,1H3,(H2,23,24,27). The van der Waals surface area contributed by atoms with Gasteiger partial charge in [-0.1, -0.05) is 42.8 Å². The minimum absolute atomic E-state index is 0.176. The normalized spacial score (nSPS) is 17.1. The smallest absolute Gasteiger partial charge is 0.319 e. The van der Waals surface area contributed by atoms with Crippen LogP contribution in [0.25, 0.3) is 11.1 Å². The minimum Gasteiger partial charge on any atom is -0.495 e. The van der Waals surface area contributed by atoms with Crippen LogP contribution < -0.4 is 15.4 Å². The van der Waals surface area contributed by atoms with E-state index in [1.54, 1.807) is 7.11 Å². The molecule has 3 rings (SSSR count). The molecule has 1 aliphatic rings. The number of hydrogen-bond acceptors (Lipinski definition) is 4. The topological polar surface area (TPSA) is 73.8 Å². The lowest BCUT2D eigenvalue weighted by Gasteiger charge is -2.34. The van der Waals surface area contributed by atoms with Gasteiger partial charge in [0.1, 0.15) is 5.75 Å². The highest BCUT2D eigenvalue weighted by Gasteiger charge is 2.21. The Morgan fingerprint density at radius 3 is 2.75 bits per heavy atom. The van der Waals surface area contributed by atoms with Crippen LogP contribution in [-0.4, -0.2) is 55.4 Å². The molecule has 1 fully saturated rings. The van der Waals surface area contributed by atoms with Crippen LogP contribution in [0.5, 0.6) is 5.75 Å². The number of carbonyl (C=O) groups excluding carboxylic acids is 1. The molecule has 0 aromatic heterocycles. The number of aliphatic hydroxyl groups excluding tert-OH is 1. The second-order valence-electron chi connectivity index (χ2n) is 7.03. The third-order valence-electron chi connectivity index (χ3n) is 5.20. The molecular weight excluding hydrogens is 354 g/mol. The van der Waals surface area contributed by atoms with E-state index >= 15 is 0 Å². The molecule has 2 amide bonds. The summed E-state index contributed by atoms with van der Waals surface area (Å²) in [5.74, 6) is 0.617. The predicted octanol–water partition coefficient (Wildman–Crippen LogP) is 3.33. The van der Waals surface area contributed by atoms with Crippen LogP contribution in [-0.2, 0) is 0 Å². The molecule has 0 bridgehead atoms. The summed E-state index contributed by atoms with van der Waals surface area (Å²) in [6, 6.07) is 15.7. The molecule has 0 aliphatic carbocycles. The van der Waals surface area contributed by atoms with E-state index in [4.69, 9.17) is 4.74 Å². The highest BCUT2D eigenvalue weighted by atomic mass is 16.5. The summed E-state index contributed by atoms with van der Waals surface area (Å²) in [5.41, 5.74) is 2.72. The summed E-state index contributed by atoms with van der Waals surface area (Å²) in [7, 11) is 1.59. The number of carbonyl (C=O) groups is 1.